The Morgan fingerprint density at radius 1 is 1.30 bits per heavy atom. The van der Waals surface area contributed by atoms with Crippen LogP contribution in [0.15, 0.2) is 18.5 Å². The molecule has 0 aliphatic carbocycles. The molecule has 1 aromatic heterocycles. The van der Waals surface area contributed by atoms with E-state index in [-0.39, 0.29) is 11.6 Å². The van der Waals surface area contributed by atoms with Gasteiger partial charge in [0.2, 0.25) is 0 Å². The molecular weight excluding hydrogens is 254 g/mol. The highest BCUT2D eigenvalue weighted by molar-refractivity contribution is 5.68. The summed E-state index contributed by atoms with van der Waals surface area (Å²) in [6, 6.07) is 2.07. The van der Waals surface area contributed by atoms with E-state index in [0.29, 0.717) is 6.54 Å². The minimum absolute atomic E-state index is 0.364. The second-order valence-corrected chi connectivity index (χ2v) is 6.80. The third-order valence-corrected chi connectivity index (χ3v) is 2.63. The number of aromatic nitrogens is 1. The van der Waals surface area contributed by atoms with Gasteiger partial charge in [-0.25, -0.2) is 4.79 Å². The van der Waals surface area contributed by atoms with Crippen LogP contribution in [0.5, 0.6) is 0 Å². The van der Waals surface area contributed by atoms with Gasteiger partial charge in [-0.05, 0) is 46.2 Å². The summed E-state index contributed by atoms with van der Waals surface area (Å²) in [5, 5.41) is 6.22. The van der Waals surface area contributed by atoms with Crippen LogP contribution in [0.1, 0.15) is 40.2 Å². The van der Waals surface area contributed by atoms with E-state index < -0.39 is 5.60 Å². The summed E-state index contributed by atoms with van der Waals surface area (Å²) in [4.78, 5) is 11.7. The number of alkyl carbamates (subject to hydrolysis) is 1. The maximum absolute atomic E-state index is 11.7. The Balaban J connectivity index is 2.35. The molecule has 20 heavy (non-hydrogen) atoms. The fourth-order valence-electron chi connectivity index (χ4n) is 1.81. The number of rotatable bonds is 5. The first-order chi connectivity index (χ1) is 9.07. The Morgan fingerprint density at radius 2 is 1.95 bits per heavy atom. The van der Waals surface area contributed by atoms with Crippen molar-refractivity contribution < 1.29 is 9.53 Å². The number of hydrogen-bond donors (Lipinski definition) is 2. The number of hydrogen-bond acceptors (Lipinski definition) is 3. The number of aryl methyl sites for hydroxylation is 1. The molecule has 0 aliphatic rings. The zero-order chi connectivity index (χ0) is 15.4. The van der Waals surface area contributed by atoms with Crippen LogP contribution < -0.4 is 10.6 Å². The van der Waals surface area contributed by atoms with E-state index in [4.69, 9.17) is 4.74 Å². The summed E-state index contributed by atoms with van der Waals surface area (Å²) in [5.74, 6) is 0. The predicted octanol–water partition coefficient (Wildman–Crippen LogP) is 2.42. The van der Waals surface area contributed by atoms with Crippen LogP contribution in [0.4, 0.5) is 4.79 Å². The highest BCUT2D eigenvalue weighted by Gasteiger charge is 2.24. The molecule has 0 saturated carbocycles. The molecule has 0 bridgehead atoms. The van der Waals surface area contributed by atoms with Gasteiger partial charge in [-0.2, -0.15) is 0 Å². The smallest absolute Gasteiger partial charge is 0.408 e. The molecular formula is C15H27N3O2. The molecule has 0 saturated heterocycles. The third-order valence-electron chi connectivity index (χ3n) is 2.63. The topological polar surface area (TPSA) is 55.3 Å². The molecule has 5 heteroatoms. The molecule has 0 fully saturated rings. The Labute approximate surface area is 121 Å². The van der Waals surface area contributed by atoms with Crippen molar-refractivity contribution in [3.63, 3.8) is 0 Å². The Kier molecular flexibility index (Phi) is 5.22. The van der Waals surface area contributed by atoms with Crippen LogP contribution in [-0.2, 0) is 18.3 Å². The van der Waals surface area contributed by atoms with E-state index in [1.54, 1.807) is 0 Å². The number of nitrogens with zero attached hydrogens (tertiary/aromatic N) is 1. The number of carbonyl (C=O) groups is 1. The standard InChI is InChI=1S/C15H27N3O2/c1-14(2,3)20-13(19)17-15(4,5)11-16-9-12-7-8-18(6)10-12/h7-8,10,16H,9,11H2,1-6H3,(H,17,19). The van der Waals surface area contributed by atoms with Gasteiger partial charge < -0.3 is 19.9 Å². The maximum Gasteiger partial charge on any atom is 0.408 e. The van der Waals surface area contributed by atoms with Crippen LogP contribution in [0.2, 0.25) is 0 Å². The fraction of sp³-hybridized carbons (Fsp3) is 0.667. The van der Waals surface area contributed by atoms with Gasteiger partial charge in [0.15, 0.2) is 0 Å². The zero-order valence-corrected chi connectivity index (χ0v) is 13.4. The SMILES string of the molecule is Cn1ccc(CNCC(C)(C)NC(=O)OC(C)(C)C)c1. The van der Waals surface area contributed by atoms with Crippen molar-refractivity contribution in [1.29, 1.82) is 0 Å². The van der Waals surface area contributed by atoms with Gasteiger partial charge in [-0.3, -0.25) is 0 Å². The Morgan fingerprint density at radius 3 is 2.45 bits per heavy atom. The van der Waals surface area contributed by atoms with Gasteiger partial charge in [0, 0.05) is 32.5 Å². The van der Waals surface area contributed by atoms with Gasteiger partial charge >= 0.3 is 6.09 Å². The van der Waals surface area contributed by atoms with Crippen LogP contribution in [0.25, 0.3) is 0 Å². The van der Waals surface area contributed by atoms with Gasteiger partial charge in [-0.1, -0.05) is 0 Å². The molecule has 2 N–H and O–H groups in total. The van der Waals surface area contributed by atoms with Crippen molar-refractivity contribution in [2.45, 2.75) is 52.3 Å². The Hall–Kier alpha value is -1.49. The van der Waals surface area contributed by atoms with E-state index >= 15 is 0 Å². The number of carbonyl (C=O) groups excluding carboxylic acids is 1. The summed E-state index contributed by atoms with van der Waals surface area (Å²) < 4.78 is 7.28. The highest BCUT2D eigenvalue weighted by atomic mass is 16.6. The number of ether oxygens (including phenoxy) is 1. The monoisotopic (exact) mass is 281 g/mol. The molecule has 1 aromatic rings. The van der Waals surface area contributed by atoms with E-state index in [9.17, 15) is 4.79 Å². The third kappa shape index (κ3) is 6.61. The summed E-state index contributed by atoms with van der Waals surface area (Å²) in [6.45, 7) is 10.9. The summed E-state index contributed by atoms with van der Waals surface area (Å²) >= 11 is 0. The lowest BCUT2D eigenvalue weighted by Crippen LogP contribution is -2.51. The summed E-state index contributed by atoms with van der Waals surface area (Å²) in [7, 11) is 2.00. The molecule has 0 radical (unpaired) electrons. The lowest BCUT2D eigenvalue weighted by atomic mass is 10.1. The summed E-state index contributed by atoms with van der Waals surface area (Å²) in [5.41, 5.74) is 0.384. The largest absolute Gasteiger partial charge is 0.444 e. The van der Waals surface area contributed by atoms with Gasteiger partial charge in [-0.15, -0.1) is 0 Å². The molecule has 0 spiro atoms. The van der Waals surface area contributed by atoms with Crippen molar-refractivity contribution in [1.82, 2.24) is 15.2 Å². The second-order valence-electron chi connectivity index (χ2n) is 6.80. The maximum atomic E-state index is 11.7. The van der Waals surface area contributed by atoms with Gasteiger partial charge in [0.1, 0.15) is 5.60 Å². The quantitative estimate of drug-likeness (QED) is 0.871. The first-order valence-electron chi connectivity index (χ1n) is 6.90. The minimum Gasteiger partial charge on any atom is -0.444 e. The molecule has 0 atom stereocenters. The average Bonchev–Trinajstić information content (AvgIpc) is 2.59. The zero-order valence-electron chi connectivity index (χ0n) is 13.4. The molecule has 5 nitrogen and oxygen atoms in total. The van der Waals surface area contributed by atoms with E-state index in [1.165, 1.54) is 5.56 Å². The van der Waals surface area contributed by atoms with Crippen LogP contribution in [0, 0.1) is 0 Å². The normalized spacial score (nSPS) is 12.3. The molecule has 1 rings (SSSR count). The van der Waals surface area contributed by atoms with E-state index in [2.05, 4.69) is 22.9 Å². The molecule has 0 aliphatic heterocycles. The number of nitrogens with one attached hydrogen (secondary N) is 2. The molecule has 1 amide bonds. The van der Waals surface area contributed by atoms with Crippen molar-refractivity contribution in [2.24, 2.45) is 7.05 Å². The molecule has 1 heterocycles. The van der Waals surface area contributed by atoms with E-state index in [1.807, 2.05) is 52.4 Å². The molecule has 114 valence electrons. The first-order valence-corrected chi connectivity index (χ1v) is 6.90. The predicted molar refractivity (Wildman–Crippen MR) is 80.6 cm³/mol. The van der Waals surface area contributed by atoms with Crippen LogP contribution >= 0.6 is 0 Å². The van der Waals surface area contributed by atoms with Crippen molar-refractivity contribution in [3.8, 4) is 0 Å². The minimum atomic E-state index is -0.475. The first kappa shape index (κ1) is 16.6. The van der Waals surface area contributed by atoms with Crippen molar-refractivity contribution >= 4 is 6.09 Å². The van der Waals surface area contributed by atoms with Crippen LogP contribution in [-0.4, -0.2) is 28.3 Å². The molecule has 0 unspecified atom stereocenters. The van der Waals surface area contributed by atoms with Gasteiger partial charge in [0.25, 0.3) is 0 Å². The second kappa shape index (κ2) is 6.31. The lowest BCUT2D eigenvalue weighted by Gasteiger charge is -2.28. The lowest BCUT2D eigenvalue weighted by molar-refractivity contribution is 0.0472. The molecule has 0 aromatic carbocycles. The number of amides is 1. The van der Waals surface area contributed by atoms with Crippen LogP contribution in [0.3, 0.4) is 0 Å². The van der Waals surface area contributed by atoms with Gasteiger partial charge in [0.05, 0.1) is 5.54 Å². The fourth-order valence-corrected chi connectivity index (χ4v) is 1.81. The summed E-state index contributed by atoms with van der Waals surface area (Å²) in [6.07, 6.45) is 3.70. The Bertz CT molecular complexity index is 444. The highest BCUT2D eigenvalue weighted by Crippen LogP contribution is 2.09. The van der Waals surface area contributed by atoms with Crippen molar-refractivity contribution in [2.75, 3.05) is 6.54 Å². The van der Waals surface area contributed by atoms with Crippen molar-refractivity contribution in [3.05, 3.63) is 24.0 Å². The average molecular weight is 281 g/mol. The van der Waals surface area contributed by atoms with E-state index in [0.717, 1.165) is 6.54 Å².